The molecule has 1 atom stereocenters. The van der Waals surface area contributed by atoms with Gasteiger partial charge in [-0.1, -0.05) is 25.1 Å². The predicted molar refractivity (Wildman–Crippen MR) is 106 cm³/mol. The van der Waals surface area contributed by atoms with E-state index in [4.69, 9.17) is 9.47 Å². The van der Waals surface area contributed by atoms with E-state index in [9.17, 15) is 9.90 Å². The Labute approximate surface area is 163 Å². The summed E-state index contributed by atoms with van der Waals surface area (Å²) >= 11 is 0. The van der Waals surface area contributed by atoms with Gasteiger partial charge in [-0.15, -0.1) is 0 Å². The van der Waals surface area contributed by atoms with Crippen LogP contribution in [0.4, 0.5) is 0 Å². The molecule has 3 rings (SSSR count). The van der Waals surface area contributed by atoms with Crippen molar-refractivity contribution < 1.29 is 19.4 Å². The number of aromatic nitrogens is 1. The van der Waals surface area contributed by atoms with E-state index < -0.39 is 0 Å². The highest BCUT2D eigenvalue weighted by Crippen LogP contribution is 2.25. The molecule has 3 aromatic rings. The third kappa shape index (κ3) is 5.31. The Morgan fingerprint density at radius 3 is 2.18 bits per heavy atom. The zero-order valence-corrected chi connectivity index (χ0v) is 15.5. The zero-order valence-electron chi connectivity index (χ0n) is 15.5. The number of amides is 1. The summed E-state index contributed by atoms with van der Waals surface area (Å²) in [5, 5.41) is 11.9. The summed E-state index contributed by atoms with van der Waals surface area (Å²) in [7, 11) is 0. The molecule has 0 saturated heterocycles. The highest BCUT2D eigenvalue weighted by atomic mass is 16.5. The van der Waals surface area contributed by atoms with E-state index in [1.165, 1.54) is 6.20 Å². The van der Waals surface area contributed by atoms with E-state index in [0.717, 1.165) is 5.75 Å². The van der Waals surface area contributed by atoms with E-state index >= 15 is 0 Å². The van der Waals surface area contributed by atoms with Gasteiger partial charge in [0.15, 0.2) is 0 Å². The van der Waals surface area contributed by atoms with E-state index in [2.05, 4.69) is 10.3 Å². The van der Waals surface area contributed by atoms with Gasteiger partial charge in [0.2, 0.25) is 5.88 Å². The van der Waals surface area contributed by atoms with Crippen molar-refractivity contribution in [2.45, 2.75) is 19.4 Å². The number of para-hydroxylation sites is 1. The molecule has 0 radical (unpaired) electrons. The topological polar surface area (TPSA) is 80.7 Å². The summed E-state index contributed by atoms with van der Waals surface area (Å²) in [4.78, 5) is 16.3. The molecule has 6 nitrogen and oxygen atoms in total. The van der Waals surface area contributed by atoms with Gasteiger partial charge in [0.05, 0.1) is 18.2 Å². The fourth-order valence-electron chi connectivity index (χ4n) is 2.44. The molecule has 2 aromatic carbocycles. The maximum atomic E-state index is 12.1. The van der Waals surface area contributed by atoms with Crippen molar-refractivity contribution >= 4 is 5.91 Å². The summed E-state index contributed by atoms with van der Waals surface area (Å²) in [6.07, 6.45) is 2.10. The average molecular weight is 378 g/mol. The number of ether oxygens (including phenoxy) is 2. The highest BCUT2D eigenvalue weighted by molar-refractivity contribution is 5.94. The molecule has 1 amide bonds. The van der Waals surface area contributed by atoms with Crippen LogP contribution in [0.25, 0.3) is 0 Å². The molecule has 1 heterocycles. The van der Waals surface area contributed by atoms with E-state index in [0.29, 0.717) is 29.4 Å². The normalized spacial score (nSPS) is 11.5. The smallest absolute Gasteiger partial charge is 0.253 e. The number of pyridine rings is 1. The molecule has 0 saturated carbocycles. The lowest BCUT2D eigenvalue weighted by Gasteiger charge is -2.13. The number of nitrogens with zero attached hydrogens (tertiary/aromatic N) is 1. The number of hydrogen-bond donors (Lipinski definition) is 2. The molecule has 0 spiro atoms. The number of hydrogen-bond acceptors (Lipinski definition) is 5. The Morgan fingerprint density at radius 1 is 0.964 bits per heavy atom. The Kier molecular flexibility index (Phi) is 6.59. The van der Waals surface area contributed by atoms with Gasteiger partial charge in [-0.05, 0) is 48.9 Å². The third-order valence-electron chi connectivity index (χ3n) is 4.07. The fourth-order valence-corrected chi connectivity index (χ4v) is 2.44. The average Bonchev–Trinajstić information content (AvgIpc) is 2.74. The molecule has 1 unspecified atom stereocenters. The monoisotopic (exact) mass is 378 g/mol. The molecule has 0 fully saturated rings. The SMILES string of the molecule is CCC(CO)NC(=O)c1ccc(Oc2ccc(Oc3ccccc3)cc2)nc1. The maximum absolute atomic E-state index is 12.1. The van der Waals surface area contributed by atoms with Crippen LogP contribution in [0.1, 0.15) is 23.7 Å². The third-order valence-corrected chi connectivity index (χ3v) is 4.07. The largest absolute Gasteiger partial charge is 0.457 e. The molecule has 6 heteroatoms. The molecule has 0 aliphatic rings. The van der Waals surface area contributed by atoms with Crippen molar-refractivity contribution in [3.8, 4) is 23.1 Å². The summed E-state index contributed by atoms with van der Waals surface area (Å²) in [5.74, 6) is 2.17. The Balaban J connectivity index is 1.58. The van der Waals surface area contributed by atoms with Crippen LogP contribution in [0.15, 0.2) is 72.9 Å². The van der Waals surface area contributed by atoms with Crippen LogP contribution in [0.2, 0.25) is 0 Å². The van der Waals surface area contributed by atoms with Crippen molar-refractivity contribution in [2.75, 3.05) is 6.61 Å². The first-order valence-corrected chi connectivity index (χ1v) is 9.06. The zero-order chi connectivity index (χ0) is 19.8. The first-order chi connectivity index (χ1) is 13.7. The fraction of sp³-hybridized carbons (Fsp3) is 0.182. The molecule has 2 N–H and O–H groups in total. The highest BCUT2D eigenvalue weighted by Gasteiger charge is 2.12. The van der Waals surface area contributed by atoms with Crippen LogP contribution in [-0.2, 0) is 0 Å². The number of nitrogens with one attached hydrogen (secondary N) is 1. The molecule has 0 aliphatic heterocycles. The first-order valence-electron chi connectivity index (χ1n) is 9.06. The summed E-state index contributed by atoms with van der Waals surface area (Å²) in [6.45, 7) is 1.80. The number of carbonyl (C=O) groups is 1. The lowest BCUT2D eigenvalue weighted by atomic mass is 10.2. The summed E-state index contributed by atoms with van der Waals surface area (Å²) in [5.41, 5.74) is 0.408. The number of aliphatic hydroxyl groups is 1. The van der Waals surface area contributed by atoms with Crippen LogP contribution in [0.3, 0.4) is 0 Å². The minimum atomic E-state index is -0.276. The van der Waals surface area contributed by atoms with Crippen LogP contribution in [-0.4, -0.2) is 28.6 Å². The lowest BCUT2D eigenvalue weighted by Crippen LogP contribution is -2.36. The Hall–Kier alpha value is -3.38. The van der Waals surface area contributed by atoms with Gasteiger partial charge in [-0.2, -0.15) is 0 Å². The van der Waals surface area contributed by atoms with Gasteiger partial charge in [0.25, 0.3) is 5.91 Å². The van der Waals surface area contributed by atoms with Gasteiger partial charge in [0.1, 0.15) is 17.2 Å². The minimum Gasteiger partial charge on any atom is -0.457 e. The van der Waals surface area contributed by atoms with Gasteiger partial charge in [-0.3, -0.25) is 4.79 Å². The van der Waals surface area contributed by atoms with Crippen LogP contribution in [0, 0.1) is 0 Å². The van der Waals surface area contributed by atoms with Crippen LogP contribution < -0.4 is 14.8 Å². The molecule has 1 aromatic heterocycles. The molecular weight excluding hydrogens is 356 g/mol. The second-order valence-corrected chi connectivity index (χ2v) is 6.13. The van der Waals surface area contributed by atoms with Gasteiger partial charge in [-0.25, -0.2) is 4.98 Å². The van der Waals surface area contributed by atoms with Crippen molar-refractivity contribution in [3.63, 3.8) is 0 Å². The number of rotatable bonds is 8. The van der Waals surface area contributed by atoms with Crippen molar-refractivity contribution in [3.05, 3.63) is 78.5 Å². The Bertz CT molecular complexity index is 877. The van der Waals surface area contributed by atoms with Crippen molar-refractivity contribution in [1.82, 2.24) is 10.3 Å². The predicted octanol–water partition coefficient (Wildman–Crippen LogP) is 4.17. The summed E-state index contributed by atoms with van der Waals surface area (Å²) in [6, 6.07) is 19.7. The van der Waals surface area contributed by atoms with E-state index in [1.54, 1.807) is 24.3 Å². The molecule has 144 valence electrons. The van der Waals surface area contributed by atoms with E-state index in [-0.39, 0.29) is 18.6 Å². The maximum Gasteiger partial charge on any atom is 0.253 e. The molecule has 0 aliphatic carbocycles. The summed E-state index contributed by atoms with van der Waals surface area (Å²) < 4.78 is 11.4. The van der Waals surface area contributed by atoms with Gasteiger partial charge < -0.3 is 19.9 Å². The molecular formula is C22H22N2O4. The minimum absolute atomic E-state index is 0.0964. The quantitative estimate of drug-likeness (QED) is 0.615. The molecule has 28 heavy (non-hydrogen) atoms. The van der Waals surface area contributed by atoms with Crippen LogP contribution in [0.5, 0.6) is 23.1 Å². The molecule has 0 bridgehead atoms. The van der Waals surface area contributed by atoms with Gasteiger partial charge >= 0.3 is 0 Å². The van der Waals surface area contributed by atoms with Gasteiger partial charge in [0, 0.05) is 12.3 Å². The number of aliphatic hydroxyl groups excluding tert-OH is 1. The van der Waals surface area contributed by atoms with Crippen LogP contribution >= 0.6 is 0 Å². The number of carbonyl (C=O) groups excluding carboxylic acids is 1. The second-order valence-electron chi connectivity index (χ2n) is 6.13. The second kappa shape index (κ2) is 9.53. The first kappa shape index (κ1) is 19.4. The lowest BCUT2D eigenvalue weighted by molar-refractivity contribution is 0.0914. The standard InChI is InChI=1S/C22H22N2O4/c1-2-17(15-25)24-22(26)16-8-13-21(23-14-16)28-20-11-9-19(10-12-20)27-18-6-4-3-5-7-18/h3-14,17,25H,2,15H2,1H3,(H,24,26). The van der Waals surface area contributed by atoms with Crippen molar-refractivity contribution in [2.24, 2.45) is 0 Å². The number of benzene rings is 2. The van der Waals surface area contributed by atoms with Crippen molar-refractivity contribution in [1.29, 1.82) is 0 Å². The van der Waals surface area contributed by atoms with E-state index in [1.807, 2.05) is 49.4 Å². The Morgan fingerprint density at radius 2 is 1.61 bits per heavy atom.